The molecule has 0 aromatic heterocycles. The Morgan fingerprint density at radius 2 is 1.92 bits per heavy atom. The lowest BCUT2D eigenvalue weighted by atomic mass is 9.94. The number of rotatable bonds is 3. The molecule has 1 aromatic rings. The van der Waals surface area contributed by atoms with E-state index in [-0.39, 0.29) is 17.9 Å². The Hall–Kier alpha value is -2.21. The van der Waals surface area contributed by atoms with E-state index in [0.717, 1.165) is 31.2 Å². The zero-order valence-electron chi connectivity index (χ0n) is 13.6. The minimum absolute atomic E-state index is 0.0658. The van der Waals surface area contributed by atoms with E-state index in [4.69, 9.17) is 12.2 Å². The van der Waals surface area contributed by atoms with Crippen molar-refractivity contribution in [2.75, 3.05) is 7.11 Å². The van der Waals surface area contributed by atoms with Crippen molar-refractivity contribution in [3.05, 3.63) is 41.1 Å². The molecule has 24 heavy (non-hydrogen) atoms. The normalized spacial score (nSPS) is 20.4. The zero-order valence-corrected chi connectivity index (χ0v) is 14.4. The van der Waals surface area contributed by atoms with Crippen molar-refractivity contribution >= 4 is 35.3 Å². The summed E-state index contributed by atoms with van der Waals surface area (Å²) in [5.41, 5.74) is 1.79. The van der Waals surface area contributed by atoms with Gasteiger partial charge in [-0.2, -0.15) is 0 Å². The number of hydrogen-bond donors (Lipinski definition) is 1. The molecular weight excluding hydrogens is 324 g/mol. The maximum Gasteiger partial charge on any atom is 0.337 e. The summed E-state index contributed by atoms with van der Waals surface area (Å²) in [6.07, 6.45) is 7.30. The number of hydrogen-bond acceptors (Lipinski definition) is 4. The first-order chi connectivity index (χ1) is 11.6. The molecular formula is C18H20N2O3S. The Morgan fingerprint density at radius 1 is 1.25 bits per heavy atom. The molecule has 0 radical (unpaired) electrons. The maximum atomic E-state index is 12.7. The fourth-order valence-corrected chi connectivity index (χ4v) is 3.56. The molecule has 1 aliphatic heterocycles. The van der Waals surface area contributed by atoms with E-state index in [1.165, 1.54) is 13.5 Å². The Kier molecular flexibility index (Phi) is 4.94. The standard InChI is InChI=1S/C18H20N2O3S/c1-23-17(22)13-9-7-12(8-10-13)11-15-16(21)20(18(24)19-15)14-5-3-2-4-6-14/h7-11,14H,2-6H2,1H3,(H,19,24)/b15-11-. The van der Waals surface area contributed by atoms with E-state index >= 15 is 0 Å². The third-order valence-electron chi connectivity index (χ3n) is 4.49. The number of nitrogens with zero attached hydrogens (tertiary/aromatic N) is 1. The number of methoxy groups -OCH3 is 1. The van der Waals surface area contributed by atoms with Gasteiger partial charge in [-0.25, -0.2) is 4.79 Å². The van der Waals surface area contributed by atoms with Crippen LogP contribution in [0.25, 0.3) is 6.08 Å². The summed E-state index contributed by atoms with van der Waals surface area (Å²) in [7, 11) is 1.35. The van der Waals surface area contributed by atoms with Gasteiger partial charge < -0.3 is 10.1 Å². The van der Waals surface area contributed by atoms with Gasteiger partial charge in [-0.3, -0.25) is 9.69 Å². The molecule has 6 heteroatoms. The van der Waals surface area contributed by atoms with E-state index in [9.17, 15) is 9.59 Å². The molecule has 2 fully saturated rings. The third kappa shape index (κ3) is 3.33. The van der Waals surface area contributed by atoms with Crippen LogP contribution in [0, 0.1) is 0 Å². The van der Waals surface area contributed by atoms with Gasteiger partial charge in [0.25, 0.3) is 5.91 Å². The Balaban J connectivity index is 1.77. The summed E-state index contributed by atoms with van der Waals surface area (Å²) in [5.74, 6) is -0.446. The smallest absolute Gasteiger partial charge is 0.337 e. The molecule has 2 aliphatic rings. The van der Waals surface area contributed by atoms with Crippen molar-refractivity contribution in [2.45, 2.75) is 38.1 Å². The summed E-state index contributed by atoms with van der Waals surface area (Å²) >= 11 is 5.35. The van der Waals surface area contributed by atoms with Crippen LogP contribution in [0.2, 0.25) is 0 Å². The molecule has 0 unspecified atom stereocenters. The molecule has 1 N–H and O–H groups in total. The number of carbonyl (C=O) groups is 2. The first-order valence-corrected chi connectivity index (χ1v) is 8.55. The summed E-state index contributed by atoms with van der Waals surface area (Å²) in [6, 6.07) is 7.11. The molecule has 0 spiro atoms. The van der Waals surface area contributed by atoms with Gasteiger partial charge in [0.05, 0.1) is 12.7 Å². The molecule has 3 rings (SSSR count). The van der Waals surface area contributed by atoms with Crippen molar-refractivity contribution < 1.29 is 14.3 Å². The fourth-order valence-electron chi connectivity index (χ4n) is 3.22. The molecule has 1 aliphatic carbocycles. The Morgan fingerprint density at radius 3 is 2.54 bits per heavy atom. The van der Waals surface area contributed by atoms with E-state index in [1.807, 2.05) is 0 Å². The van der Waals surface area contributed by atoms with Gasteiger partial charge in [-0.1, -0.05) is 31.4 Å². The molecule has 1 saturated heterocycles. The summed E-state index contributed by atoms with van der Waals surface area (Å²) in [4.78, 5) is 25.9. The molecule has 1 aromatic carbocycles. The second-order valence-electron chi connectivity index (χ2n) is 6.07. The molecule has 1 amide bonds. The van der Waals surface area contributed by atoms with Crippen molar-refractivity contribution in [3.63, 3.8) is 0 Å². The largest absolute Gasteiger partial charge is 0.465 e. The quantitative estimate of drug-likeness (QED) is 0.519. The van der Waals surface area contributed by atoms with E-state index in [0.29, 0.717) is 16.4 Å². The SMILES string of the molecule is COC(=O)c1ccc(/C=C2\NC(=S)N(C3CCCCC3)C2=O)cc1. The lowest BCUT2D eigenvalue weighted by Gasteiger charge is -2.29. The summed E-state index contributed by atoms with van der Waals surface area (Å²) in [5, 5.41) is 3.52. The van der Waals surface area contributed by atoms with Crippen molar-refractivity contribution in [2.24, 2.45) is 0 Å². The molecule has 126 valence electrons. The minimum atomic E-state index is -0.381. The van der Waals surface area contributed by atoms with Crippen molar-refractivity contribution in [3.8, 4) is 0 Å². The topological polar surface area (TPSA) is 58.6 Å². The number of carbonyl (C=O) groups excluding carboxylic acids is 2. The van der Waals surface area contributed by atoms with E-state index < -0.39 is 0 Å². The molecule has 5 nitrogen and oxygen atoms in total. The molecule has 1 saturated carbocycles. The van der Waals surface area contributed by atoms with Gasteiger partial charge in [0, 0.05) is 6.04 Å². The fraction of sp³-hybridized carbons (Fsp3) is 0.389. The highest BCUT2D eigenvalue weighted by Gasteiger charge is 2.36. The molecule has 0 atom stereocenters. The van der Waals surface area contributed by atoms with Crippen LogP contribution in [-0.4, -0.2) is 35.0 Å². The van der Waals surface area contributed by atoms with Crippen LogP contribution in [0.3, 0.4) is 0 Å². The lowest BCUT2D eigenvalue weighted by molar-refractivity contribution is -0.124. The molecule has 1 heterocycles. The second-order valence-corrected chi connectivity index (χ2v) is 6.46. The predicted molar refractivity (Wildman–Crippen MR) is 95.2 cm³/mol. The summed E-state index contributed by atoms with van der Waals surface area (Å²) in [6.45, 7) is 0. The maximum absolute atomic E-state index is 12.7. The monoisotopic (exact) mass is 344 g/mol. The Labute approximate surface area is 146 Å². The van der Waals surface area contributed by atoms with E-state index in [2.05, 4.69) is 10.1 Å². The summed E-state index contributed by atoms with van der Waals surface area (Å²) < 4.78 is 4.68. The minimum Gasteiger partial charge on any atom is -0.465 e. The first kappa shape index (κ1) is 16.6. The highest BCUT2D eigenvalue weighted by atomic mass is 32.1. The van der Waals surface area contributed by atoms with Crippen LogP contribution in [0.5, 0.6) is 0 Å². The number of thiocarbonyl (C=S) groups is 1. The van der Waals surface area contributed by atoms with Gasteiger partial charge in [0.2, 0.25) is 0 Å². The van der Waals surface area contributed by atoms with Crippen LogP contribution in [0.4, 0.5) is 0 Å². The third-order valence-corrected chi connectivity index (χ3v) is 4.79. The average molecular weight is 344 g/mol. The van der Waals surface area contributed by atoms with Gasteiger partial charge >= 0.3 is 5.97 Å². The van der Waals surface area contributed by atoms with Gasteiger partial charge in [-0.15, -0.1) is 0 Å². The highest BCUT2D eigenvalue weighted by molar-refractivity contribution is 7.80. The average Bonchev–Trinajstić information content (AvgIpc) is 2.89. The van der Waals surface area contributed by atoms with Crippen LogP contribution in [0.15, 0.2) is 30.0 Å². The van der Waals surface area contributed by atoms with Crippen molar-refractivity contribution in [1.82, 2.24) is 10.2 Å². The number of benzene rings is 1. The van der Waals surface area contributed by atoms with E-state index in [1.54, 1.807) is 35.2 Å². The number of esters is 1. The lowest BCUT2D eigenvalue weighted by Crippen LogP contribution is -2.41. The number of nitrogens with one attached hydrogen (secondary N) is 1. The van der Waals surface area contributed by atoms with Gasteiger partial charge in [-0.05, 0) is 48.8 Å². The number of ether oxygens (including phenoxy) is 1. The predicted octanol–water partition coefficient (Wildman–Crippen LogP) is 2.86. The zero-order chi connectivity index (χ0) is 17.1. The highest BCUT2D eigenvalue weighted by Crippen LogP contribution is 2.26. The first-order valence-electron chi connectivity index (χ1n) is 8.15. The van der Waals surface area contributed by atoms with Crippen LogP contribution < -0.4 is 5.32 Å². The molecule has 0 bridgehead atoms. The van der Waals surface area contributed by atoms with Gasteiger partial charge in [0.1, 0.15) is 5.70 Å². The van der Waals surface area contributed by atoms with Gasteiger partial charge in [0.15, 0.2) is 5.11 Å². The Bertz CT molecular complexity index is 691. The van der Waals surface area contributed by atoms with Crippen molar-refractivity contribution in [1.29, 1.82) is 0 Å². The van der Waals surface area contributed by atoms with Crippen LogP contribution in [-0.2, 0) is 9.53 Å². The van der Waals surface area contributed by atoms with Crippen LogP contribution >= 0.6 is 12.2 Å². The second kappa shape index (κ2) is 7.13. The number of amides is 1. The van der Waals surface area contributed by atoms with Crippen LogP contribution in [0.1, 0.15) is 48.0 Å².